The van der Waals surface area contributed by atoms with Crippen LogP contribution in [0, 0.1) is 6.92 Å². The van der Waals surface area contributed by atoms with Crippen molar-refractivity contribution >= 4 is 21.7 Å². The molecule has 4 heteroatoms. The van der Waals surface area contributed by atoms with Crippen LogP contribution in [0.25, 0.3) is 0 Å². The Balaban J connectivity index is 2.87. The molecule has 0 aliphatic carbocycles. The lowest BCUT2D eigenvalue weighted by atomic mass is 10.2. The van der Waals surface area contributed by atoms with Gasteiger partial charge in [-0.2, -0.15) is 5.10 Å². The van der Waals surface area contributed by atoms with Crippen LogP contribution in [0.3, 0.4) is 0 Å². The number of hydrogen-bond acceptors (Lipinski definition) is 2. The van der Waals surface area contributed by atoms with E-state index in [1.54, 1.807) is 6.08 Å². The number of rotatable bonds is 5. The summed E-state index contributed by atoms with van der Waals surface area (Å²) in [5, 5.41) is 4.36. The fourth-order valence-electron chi connectivity index (χ4n) is 1.51. The van der Waals surface area contributed by atoms with Crippen LogP contribution >= 0.6 is 15.9 Å². The van der Waals surface area contributed by atoms with Crippen molar-refractivity contribution in [3.8, 4) is 0 Å². The number of halogens is 1. The molecule has 88 valence electrons. The Morgan fingerprint density at radius 2 is 2.19 bits per heavy atom. The van der Waals surface area contributed by atoms with Gasteiger partial charge < -0.3 is 0 Å². The Bertz CT molecular complexity index is 407. The molecule has 0 aliphatic heterocycles. The van der Waals surface area contributed by atoms with Gasteiger partial charge in [0.1, 0.15) is 0 Å². The summed E-state index contributed by atoms with van der Waals surface area (Å²) >= 11 is 3.48. The first-order valence-electron chi connectivity index (χ1n) is 5.51. The van der Waals surface area contributed by atoms with Crippen molar-refractivity contribution in [3.63, 3.8) is 0 Å². The van der Waals surface area contributed by atoms with Gasteiger partial charge in [-0.05, 0) is 42.3 Å². The molecule has 16 heavy (non-hydrogen) atoms. The lowest BCUT2D eigenvalue weighted by Crippen LogP contribution is -2.08. The van der Waals surface area contributed by atoms with Crippen molar-refractivity contribution in [2.24, 2.45) is 0 Å². The van der Waals surface area contributed by atoms with E-state index in [2.05, 4.69) is 21.0 Å². The molecule has 0 atom stereocenters. The van der Waals surface area contributed by atoms with Gasteiger partial charge in [-0.3, -0.25) is 9.48 Å². The van der Waals surface area contributed by atoms with E-state index >= 15 is 0 Å². The molecule has 0 aromatic carbocycles. The third-order valence-electron chi connectivity index (χ3n) is 2.33. The first-order chi connectivity index (χ1) is 7.60. The molecule has 1 aromatic rings. The van der Waals surface area contributed by atoms with Gasteiger partial charge >= 0.3 is 0 Å². The minimum atomic E-state index is 0.122. The molecular weight excluding hydrogens is 268 g/mol. The normalized spacial score (nSPS) is 11.2. The highest BCUT2D eigenvalue weighted by Gasteiger charge is 2.13. The van der Waals surface area contributed by atoms with E-state index in [-0.39, 0.29) is 5.78 Å². The van der Waals surface area contributed by atoms with Gasteiger partial charge in [-0.15, -0.1) is 0 Å². The van der Waals surface area contributed by atoms with Crippen molar-refractivity contribution in [3.05, 3.63) is 28.0 Å². The predicted octanol–water partition coefficient (Wildman–Crippen LogP) is 3.05. The molecule has 1 aromatic heterocycles. The van der Waals surface area contributed by atoms with Crippen molar-refractivity contribution in [1.29, 1.82) is 0 Å². The number of nitrogens with zero attached hydrogens (tertiary/aromatic N) is 2. The monoisotopic (exact) mass is 284 g/mol. The Hall–Kier alpha value is -0.900. The van der Waals surface area contributed by atoms with E-state index in [1.807, 2.05) is 31.5 Å². The minimum Gasteiger partial charge on any atom is -0.294 e. The second-order valence-electron chi connectivity index (χ2n) is 3.62. The summed E-state index contributed by atoms with van der Waals surface area (Å²) in [7, 11) is 0. The number of allylic oxidation sites excluding steroid dienone is 2. The lowest BCUT2D eigenvalue weighted by molar-refractivity contribution is -0.114. The molecule has 0 N–H and O–H groups in total. The summed E-state index contributed by atoms with van der Waals surface area (Å²) in [5.74, 6) is 0.122. The molecule has 0 fully saturated rings. The fourth-order valence-corrected chi connectivity index (χ4v) is 1.94. The average Bonchev–Trinajstić information content (AvgIpc) is 2.54. The topological polar surface area (TPSA) is 34.9 Å². The minimum absolute atomic E-state index is 0.122. The first kappa shape index (κ1) is 13.2. The van der Waals surface area contributed by atoms with E-state index in [4.69, 9.17) is 0 Å². The summed E-state index contributed by atoms with van der Waals surface area (Å²) < 4.78 is 2.82. The van der Waals surface area contributed by atoms with Crippen molar-refractivity contribution in [2.75, 3.05) is 0 Å². The zero-order valence-corrected chi connectivity index (χ0v) is 11.5. The van der Waals surface area contributed by atoms with Crippen molar-refractivity contribution in [2.45, 2.75) is 40.2 Å². The van der Waals surface area contributed by atoms with Gasteiger partial charge in [0.15, 0.2) is 5.78 Å². The standard InChI is InChI=1S/C12H17BrN2O/c1-4-6-7-10(16)8-11-12(13)9(3)14-15(11)5-2/h6-7H,4-5,8H2,1-3H3/b7-6+. The quantitative estimate of drug-likeness (QED) is 0.779. The number of carbonyl (C=O) groups excluding carboxylic acids is 1. The zero-order valence-electron chi connectivity index (χ0n) is 9.96. The highest BCUT2D eigenvalue weighted by molar-refractivity contribution is 9.10. The van der Waals surface area contributed by atoms with Gasteiger partial charge in [0, 0.05) is 6.54 Å². The first-order valence-corrected chi connectivity index (χ1v) is 6.30. The van der Waals surface area contributed by atoms with Crippen LogP contribution in [0.15, 0.2) is 16.6 Å². The van der Waals surface area contributed by atoms with Crippen molar-refractivity contribution < 1.29 is 4.79 Å². The van der Waals surface area contributed by atoms with Crippen LogP contribution in [0.5, 0.6) is 0 Å². The molecule has 1 rings (SSSR count). The molecule has 0 saturated heterocycles. The molecule has 1 heterocycles. The van der Waals surface area contributed by atoms with Crippen LogP contribution < -0.4 is 0 Å². The number of ketones is 1. The maximum absolute atomic E-state index is 11.7. The molecule has 3 nitrogen and oxygen atoms in total. The molecule has 0 bridgehead atoms. The van der Waals surface area contributed by atoms with Crippen LogP contribution in [0.4, 0.5) is 0 Å². The van der Waals surface area contributed by atoms with Crippen LogP contribution in [0.2, 0.25) is 0 Å². The van der Waals surface area contributed by atoms with Crippen LogP contribution in [-0.2, 0) is 17.8 Å². The Kier molecular flexibility index (Phi) is 4.93. The second-order valence-corrected chi connectivity index (χ2v) is 4.41. The maximum Gasteiger partial charge on any atom is 0.161 e. The SMILES string of the molecule is CC/C=C/C(=O)Cc1c(Br)c(C)nn1CC. The molecule has 0 amide bonds. The molecular formula is C12H17BrN2O. The fraction of sp³-hybridized carbons (Fsp3) is 0.500. The molecule has 0 spiro atoms. The van der Waals surface area contributed by atoms with Crippen LogP contribution in [-0.4, -0.2) is 15.6 Å². The average molecular weight is 285 g/mol. The summed E-state index contributed by atoms with van der Waals surface area (Å²) in [5.41, 5.74) is 1.90. The number of aryl methyl sites for hydroxylation is 2. The van der Waals surface area contributed by atoms with Gasteiger partial charge in [0.2, 0.25) is 0 Å². The molecule has 0 saturated carbocycles. The molecule has 0 radical (unpaired) electrons. The van der Waals surface area contributed by atoms with E-state index in [1.165, 1.54) is 0 Å². The Labute approximate surface area is 105 Å². The highest BCUT2D eigenvalue weighted by atomic mass is 79.9. The number of hydrogen-bond donors (Lipinski definition) is 0. The zero-order chi connectivity index (χ0) is 12.1. The maximum atomic E-state index is 11.7. The lowest BCUT2D eigenvalue weighted by Gasteiger charge is -2.02. The van der Waals surface area contributed by atoms with E-state index < -0.39 is 0 Å². The Morgan fingerprint density at radius 3 is 2.75 bits per heavy atom. The van der Waals surface area contributed by atoms with Crippen molar-refractivity contribution in [1.82, 2.24) is 9.78 Å². The van der Waals surface area contributed by atoms with Gasteiger partial charge in [-0.25, -0.2) is 0 Å². The summed E-state index contributed by atoms with van der Waals surface area (Å²) in [4.78, 5) is 11.7. The van der Waals surface area contributed by atoms with Gasteiger partial charge in [0.25, 0.3) is 0 Å². The second kappa shape index (κ2) is 5.99. The number of carbonyl (C=O) groups is 1. The summed E-state index contributed by atoms with van der Waals surface area (Å²) in [6.45, 7) is 6.76. The Morgan fingerprint density at radius 1 is 1.50 bits per heavy atom. The van der Waals surface area contributed by atoms with E-state index in [0.29, 0.717) is 6.42 Å². The summed E-state index contributed by atoms with van der Waals surface area (Å²) in [6, 6.07) is 0. The third-order valence-corrected chi connectivity index (χ3v) is 3.37. The smallest absolute Gasteiger partial charge is 0.161 e. The van der Waals surface area contributed by atoms with E-state index in [9.17, 15) is 4.79 Å². The largest absolute Gasteiger partial charge is 0.294 e. The third kappa shape index (κ3) is 3.04. The van der Waals surface area contributed by atoms with Crippen LogP contribution in [0.1, 0.15) is 31.7 Å². The highest BCUT2D eigenvalue weighted by Crippen LogP contribution is 2.21. The van der Waals surface area contributed by atoms with Gasteiger partial charge in [0.05, 0.1) is 22.3 Å². The molecule has 0 unspecified atom stereocenters. The predicted molar refractivity (Wildman–Crippen MR) is 68.5 cm³/mol. The van der Waals surface area contributed by atoms with E-state index in [0.717, 1.165) is 28.8 Å². The summed E-state index contributed by atoms with van der Waals surface area (Å²) in [6.07, 6.45) is 4.83. The number of aromatic nitrogens is 2. The van der Waals surface area contributed by atoms with Gasteiger partial charge in [-0.1, -0.05) is 13.0 Å². The molecule has 0 aliphatic rings.